The lowest BCUT2D eigenvalue weighted by Gasteiger charge is -2.38. The monoisotopic (exact) mass is 220 g/mol. The lowest BCUT2D eigenvalue weighted by atomic mass is 10.0. The van der Waals surface area contributed by atoms with E-state index in [0.717, 1.165) is 18.9 Å². The second-order valence-corrected chi connectivity index (χ2v) is 4.56. The van der Waals surface area contributed by atoms with Crippen molar-refractivity contribution in [3.8, 4) is 0 Å². The van der Waals surface area contributed by atoms with Gasteiger partial charge in [0.05, 0.1) is 0 Å². The highest BCUT2D eigenvalue weighted by atomic mass is 15.3. The van der Waals surface area contributed by atoms with Gasteiger partial charge in [-0.15, -0.1) is 5.10 Å². The maximum Gasteiger partial charge on any atom is 0.151 e. The van der Waals surface area contributed by atoms with Crippen LogP contribution >= 0.6 is 0 Å². The summed E-state index contributed by atoms with van der Waals surface area (Å²) in [6, 6.07) is 5.08. The minimum atomic E-state index is 0.472. The zero-order valence-electron chi connectivity index (χ0n) is 10.1. The first-order valence-electron chi connectivity index (χ1n) is 6.06. The third kappa shape index (κ3) is 2.50. The largest absolute Gasteiger partial charge is 0.350 e. The molecule has 0 atom stereocenters. The third-order valence-corrected chi connectivity index (χ3v) is 3.08. The molecule has 1 aliphatic rings. The Morgan fingerprint density at radius 2 is 2.12 bits per heavy atom. The van der Waals surface area contributed by atoms with Gasteiger partial charge in [0.25, 0.3) is 0 Å². The maximum atomic E-state index is 4.23. The van der Waals surface area contributed by atoms with Gasteiger partial charge in [-0.2, -0.15) is 5.10 Å². The molecule has 88 valence electrons. The van der Waals surface area contributed by atoms with Crippen LogP contribution in [0.2, 0.25) is 0 Å². The summed E-state index contributed by atoms with van der Waals surface area (Å²) in [6.45, 7) is 6.65. The molecule has 0 aliphatic carbocycles. The molecule has 1 aromatic rings. The molecule has 0 radical (unpaired) electrons. The number of hydrogen-bond acceptors (Lipinski definition) is 4. The van der Waals surface area contributed by atoms with Gasteiger partial charge in [0.2, 0.25) is 0 Å². The van der Waals surface area contributed by atoms with E-state index in [1.54, 1.807) is 6.20 Å². The molecule has 1 aliphatic heterocycles. The summed E-state index contributed by atoms with van der Waals surface area (Å²) in [5, 5.41) is 11.6. The van der Waals surface area contributed by atoms with E-state index in [4.69, 9.17) is 0 Å². The first-order valence-corrected chi connectivity index (χ1v) is 6.06. The summed E-state index contributed by atoms with van der Waals surface area (Å²) in [4.78, 5) is 2.40. The molecule has 0 spiro atoms. The quantitative estimate of drug-likeness (QED) is 0.837. The first-order chi connectivity index (χ1) is 7.79. The topological polar surface area (TPSA) is 41.1 Å². The molecular formula is C12H20N4. The molecule has 2 heterocycles. The summed E-state index contributed by atoms with van der Waals surface area (Å²) in [5.74, 6) is 1.00. The Morgan fingerprint density at radius 1 is 1.38 bits per heavy atom. The van der Waals surface area contributed by atoms with Crippen molar-refractivity contribution in [2.45, 2.75) is 38.8 Å². The summed E-state index contributed by atoms with van der Waals surface area (Å²) < 4.78 is 0. The van der Waals surface area contributed by atoms with Crippen molar-refractivity contribution in [1.29, 1.82) is 0 Å². The van der Waals surface area contributed by atoms with Gasteiger partial charge in [0.15, 0.2) is 5.82 Å². The molecule has 0 aromatic carbocycles. The maximum absolute atomic E-state index is 4.23. The van der Waals surface area contributed by atoms with Crippen LogP contribution in [0.5, 0.6) is 0 Å². The fourth-order valence-electron chi connectivity index (χ4n) is 2.39. The van der Waals surface area contributed by atoms with Gasteiger partial charge in [0.1, 0.15) is 0 Å². The number of piperidine rings is 1. The SMILES string of the molecule is CC(C)N(c1cccnn1)C1CCNCC1. The van der Waals surface area contributed by atoms with Gasteiger partial charge in [-0.1, -0.05) is 0 Å². The fourth-order valence-corrected chi connectivity index (χ4v) is 2.39. The number of aromatic nitrogens is 2. The summed E-state index contributed by atoms with van der Waals surface area (Å²) in [7, 11) is 0. The third-order valence-electron chi connectivity index (χ3n) is 3.08. The zero-order valence-corrected chi connectivity index (χ0v) is 10.1. The van der Waals surface area contributed by atoms with Crippen molar-refractivity contribution in [1.82, 2.24) is 15.5 Å². The Hall–Kier alpha value is -1.16. The Labute approximate surface area is 97.1 Å². The number of hydrogen-bond donors (Lipinski definition) is 1. The average molecular weight is 220 g/mol. The van der Waals surface area contributed by atoms with E-state index in [1.807, 2.05) is 6.07 Å². The molecule has 16 heavy (non-hydrogen) atoms. The molecule has 0 saturated carbocycles. The lowest BCUT2D eigenvalue weighted by Crippen LogP contribution is -2.47. The average Bonchev–Trinajstić information content (AvgIpc) is 2.31. The van der Waals surface area contributed by atoms with Crippen molar-refractivity contribution in [3.05, 3.63) is 18.3 Å². The van der Waals surface area contributed by atoms with Gasteiger partial charge in [-0.25, -0.2) is 0 Å². The predicted octanol–water partition coefficient (Wildman–Crippen LogP) is 1.44. The smallest absolute Gasteiger partial charge is 0.151 e. The highest BCUT2D eigenvalue weighted by molar-refractivity contribution is 5.39. The van der Waals surface area contributed by atoms with Crippen LogP contribution in [0.3, 0.4) is 0 Å². The molecule has 0 amide bonds. The lowest BCUT2D eigenvalue weighted by molar-refractivity contribution is 0.409. The Balaban J connectivity index is 2.16. The standard InChI is InChI=1S/C12H20N4/c1-10(2)16(11-5-8-13-9-6-11)12-4-3-7-14-15-12/h3-4,7,10-11,13H,5-6,8-9H2,1-2H3. The van der Waals surface area contributed by atoms with Crippen molar-refractivity contribution in [2.24, 2.45) is 0 Å². The molecule has 1 N–H and O–H groups in total. The van der Waals surface area contributed by atoms with Crippen LogP contribution < -0.4 is 10.2 Å². The second kappa shape index (κ2) is 5.25. The van der Waals surface area contributed by atoms with Gasteiger partial charge < -0.3 is 10.2 Å². The van der Waals surface area contributed by atoms with E-state index < -0.39 is 0 Å². The molecule has 0 bridgehead atoms. The van der Waals surface area contributed by atoms with E-state index >= 15 is 0 Å². The van der Waals surface area contributed by atoms with E-state index in [2.05, 4.69) is 40.3 Å². The Bertz CT molecular complexity index is 306. The van der Waals surface area contributed by atoms with Gasteiger partial charge >= 0.3 is 0 Å². The number of nitrogens with zero attached hydrogens (tertiary/aromatic N) is 3. The Kier molecular flexibility index (Phi) is 3.72. The molecule has 1 aromatic heterocycles. The van der Waals surface area contributed by atoms with Gasteiger partial charge in [-0.05, 0) is 51.9 Å². The molecule has 2 rings (SSSR count). The minimum absolute atomic E-state index is 0.472. The number of anilines is 1. The molecule has 4 heteroatoms. The fraction of sp³-hybridized carbons (Fsp3) is 0.667. The predicted molar refractivity (Wildman–Crippen MR) is 65.5 cm³/mol. The number of nitrogens with one attached hydrogen (secondary N) is 1. The highest BCUT2D eigenvalue weighted by Crippen LogP contribution is 2.21. The summed E-state index contributed by atoms with van der Waals surface area (Å²) in [6.07, 6.45) is 4.11. The van der Waals surface area contributed by atoms with Crippen LogP contribution in [0.4, 0.5) is 5.82 Å². The minimum Gasteiger partial charge on any atom is -0.350 e. The number of rotatable bonds is 3. The zero-order chi connectivity index (χ0) is 11.4. The van der Waals surface area contributed by atoms with E-state index in [-0.39, 0.29) is 0 Å². The summed E-state index contributed by atoms with van der Waals surface area (Å²) in [5.41, 5.74) is 0. The molecule has 4 nitrogen and oxygen atoms in total. The van der Waals surface area contributed by atoms with Crippen molar-refractivity contribution in [2.75, 3.05) is 18.0 Å². The summed E-state index contributed by atoms with van der Waals surface area (Å²) >= 11 is 0. The van der Waals surface area contributed by atoms with Gasteiger partial charge in [-0.3, -0.25) is 0 Å². The van der Waals surface area contributed by atoms with Crippen molar-refractivity contribution < 1.29 is 0 Å². The van der Waals surface area contributed by atoms with E-state index in [9.17, 15) is 0 Å². The molecule has 0 unspecified atom stereocenters. The first kappa shape index (κ1) is 11.3. The van der Waals surface area contributed by atoms with Crippen molar-refractivity contribution in [3.63, 3.8) is 0 Å². The highest BCUT2D eigenvalue weighted by Gasteiger charge is 2.24. The van der Waals surface area contributed by atoms with Crippen LogP contribution in [0.1, 0.15) is 26.7 Å². The molecule has 1 saturated heterocycles. The Morgan fingerprint density at radius 3 is 2.69 bits per heavy atom. The van der Waals surface area contributed by atoms with Crippen LogP contribution in [0, 0.1) is 0 Å². The van der Waals surface area contributed by atoms with Crippen LogP contribution in [-0.4, -0.2) is 35.4 Å². The van der Waals surface area contributed by atoms with E-state index in [0.29, 0.717) is 12.1 Å². The van der Waals surface area contributed by atoms with Crippen molar-refractivity contribution >= 4 is 5.82 Å². The van der Waals surface area contributed by atoms with Crippen LogP contribution in [0.15, 0.2) is 18.3 Å². The van der Waals surface area contributed by atoms with Crippen LogP contribution in [-0.2, 0) is 0 Å². The second-order valence-electron chi connectivity index (χ2n) is 4.56. The normalized spacial score (nSPS) is 17.7. The van der Waals surface area contributed by atoms with Gasteiger partial charge in [0, 0.05) is 18.3 Å². The molecular weight excluding hydrogens is 200 g/mol. The van der Waals surface area contributed by atoms with E-state index in [1.165, 1.54) is 12.8 Å². The van der Waals surface area contributed by atoms with Crippen LogP contribution in [0.25, 0.3) is 0 Å². The molecule has 1 fully saturated rings.